The van der Waals surface area contributed by atoms with Crippen LogP contribution in [0.2, 0.25) is 0 Å². The van der Waals surface area contributed by atoms with E-state index >= 15 is 0 Å². The summed E-state index contributed by atoms with van der Waals surface area (Å²) in [4.78, 5) is 20.5. The number of carbonyl (C=O) groups excluding carboxylic acids is 1. The van der Waals surface area contributed by atoms with Crippen LogP contribution in [0.4, 0.5) is 5.13 Å². The van der Waals surface area contributed by atoms with Crippen molar-refractivity contribution in [2.75, 3.05) is 31.1 Å². The number of hydrogen-bond acceptors (Lipinski definition) is 6. The van der Waals surface area contributed by atoms with Crippen molar-refractivity contribution in [3.63, 3.8) is 0 Å². The lowest BCUT2D eigenvalue weighted by Gasteiger charge is -2.20. The summed E-state index contributed by atoms with van der Waals surface area (Å²) in [5, 5.41) is 13.0. The average Bonchev–Trinajstić information content (AvgIpc) is 3.08. The van der Waals surface area contributed by atoms with Gasteiger partial charge in [-0.1, -0.05) is 0 Å². The fourth-order valence-electron chi connectivity index (χ4n) is 2.15. The van der Waals surface area contributed by atoms with E-state index in [2.05, 4.69) is 25.3 Å². The topological polar surface area (TPSA) is 78.0 Å². The number of hydrogen-bond donors (Lipinski definition) is 1. The maximum atomic E-state index is 12.2. The quantitative estimate of drug-likeness (QED) is 0.871. The first kappa shape index (κ1) is 12.1. The maximum Gasteiger partial charge on any atom is 0.276 e. The van der Waals surface area contributed by atoms with Gasteiger partial charge in [-0.05, 0) is 6.42 Å². The molecule has 1 saturated heterocycles. The predicted molar refractivity (Wildman–Crippen MR) is 71.2 cm³/mol. The Bertz CT molecular complexity index is 525. The van der Waals surface area contributed by atoms with Crippen molar-refractivity contribution in [2.24, 2.45) is 0 Å². The van der Waals surface area contributed by atoms with E-state index in [9.17, 15) is 4.79 Å². The zero-order valence-electron chi connectivity index (χ0n) is 10.3. The van der Waals surface area contributed by atoms with Crippen molar-refractivity contribution in [2.45, 2.75) is 6.42 Å². The highest BCUT2D eigenvalue weighted by atomic mass is 32.1. The van der Waals surface area contributed by atoms with E-state index in [4.69, 9.17) is 0 Å². The zero-order chi connectivity index (χ0) is 13.1. The van der Waals surface area contributed by atoms with Gasteiger partial charge in [-0.3, -0.25) is 4.79 Å². The van der Waals surface area contributed by atoms with Crippen molar-refractivity contribution >= 4 is 22.4 Å². The van der Waals surface area contributed by atoms with Crippen LogP contribution in [0.5, 0.6) is 0 Å². The Morgan fingerprint density at radius 2 is 2.26 bits per heavy atom. The zero-order valence-corrected chi connectivity index (χ0v) is 11.1. The largest absolute Gasteiger partial charge is 0.346 e. The van der Waals surface area contributed by atoms with Crippen molar-refractivity contribution in [3.8, 4) is 0 Å². The molecule has 0 aromatic carbocycles. The molecule has 0 atom stereocenters. The Morgan fingerprint density at radius 3 is 3.00 bits per heavy atom. The van der Waals surface area contributed by atoms with Gasteiger partial charge in [-0.25, -0.2) is 4.98 Å². The summed E-state index contributed by atoms with van der Waals surface area (Å²) in [5.41, 5.74) is 0.377. The van der Waals surface area contributed by atoms with Gasteiger partial charge in [0.2, 0.25) is 0 Å². The van der Waals surface area contributed by atoms with Crippen molar-refractivity contribution < 1.29 is 4.79 Å². The first-order valence-corrected chi connectivity index (χ1v) is 7.02. The summed E-state index contributed by atoms with van der Waals surface area (Å²) in [6.07, 6.45) is 4.21. The van der Waals surface area contributed by atoms with E-state index in [1.54, 1.807) is 11.3 Å². The normalized spacial score (nSPS) is 16.4. The fraction of sp³-hybridized carbons (Fsp3) is 0.455. The smallest absolute Gasteiger partial charge is 0.276 e. The molecule has 0 spiro atoms. The Labute approximate surface area is 114 Å². The lowest BCUT2D eigenvalue weighted by atomic mass is 10.3. The summed E-state index contributed by atoms with van der Waals surface area (Å²) in [6, 6.07) is 0. The molecular formula is C11H14N6OS. The monoisotopic (exact) mass is 278 g/mol. The maximum absolute atomic E-state index is 12.2. The van der Waals surface area contributed by atoms with Gasteiger partial charge >= 0.3 is 0 Å². The first-order valence-electron chi connectivity index (χ1n) is 6.14. The molecule has 19 heavy (non-hydrogen) atoms. The van der Waals surface area contributed by atoms with Crippen LogP contribution >= 0.6 is 11.3 Å². The first-order chi connectivity index (χ1) is 9.34. The van der Waals surface area contributed by atoms with Gasteiger partial charge in [0, 0.05) is 37.8 Å². The molecule has 0 radical (unpaired) electrons. The van der Waals surface area contributed by atoms with Crippen molar-refractivity contribution in [1.29, 1.82) is 0 Å². The lowest BCUT2D eigenvalue weighted by molar-refractivity contribution is 0.0761. The molecule has 0 bridgehead atoms. The molecule has 100 valence electrons. The van der Waals surface area contributed by atoms with Crippen LogP contribution in [0, 0.1) is 0 Å². The van der Waals surface area contributed by atoms with E-state index in [-0.39, 0.29) is 5.91 Å². The minimum Gasteiger partial charge on any atom is -0.346 e. The minimum absolute atomic E-state index is 0.0604. The Balaban J connectivity index is 1.66. The third-order valence-electron chi connectivity index (χ3n) is 3.11. The highest BCUT2D eigenvalue weighted by Gasteiger charge is 2.22. The molecule has 0 aliphatic carbocycles. The minimum atomic E-state index is -0.0604. The number of H-pyrrole nitrogens is 1. The molecule has 0 unspecified atom stereocenters. The molecule has 1 aliphatic rings. The second-order valence-corrected chi connectivity index (χ2v) is 5.18. The average molecular weight is 278 g/mol. The molecule has 2 aromatic rings. The Morgan fingerprint density at radius 1 is 1.32 bits per heavy atom. The van der Waals surface area contributed by atoms with Gasteiger partial charge in [0.1, 0.15) is 0 Å². The second-order valence-electron chi connectivity index (χ2n) is 4.30. The SMILES string of the molecule is O=C(c1cn[nH]n1)N1CCCN(c2nccs2)CC1. The second kappa shape index (κ2) is 5.35. The number of amides is 1. The van der Waals surface area contributed by atoms with Crippen LogP contribution in [0.1, 0.15) is 16.9 Å². The van der Waals surface area contributed by atoms with Crippen LogP contribution < -0.4 is 4.90 Å². The highest BCUT2D eigenvalue weighted by Crippen LogP contribution is 2.19. The van der Waals surface area contributed by atoms with Crippen molar-refractivity contribution in [1.82, 2.24) is 25.3 Å². The van der Waals surface area contributed by atoms with Gasteiger partial charge < -0.3 is 9.80 Å². The van der Waals surface area contributed by atoms with Gasteiger partial charge in [0.05, 0.1) is 6.20 Å². The van der Waals surface area contributed by atoms with E-state index < -0.39 is 0 Å². The molecule has 3 heterocycles. The molecule has 3 rings (SSSR count). The van der Waals surface area contributed by atoms with Crippen LogP contribution in [0.15, 0.2) is 17.8 Å². The number of aromatic nitrogens is 4. The van der Waals surface area contributed by atoms with Crippen LogP contribution in [-0.2, 0) is 0 Å². The third-order valence-corrected chi connectivity index (χ3v) is 3.94. The van der Waals surface area contributed by atoms with Crippen molar-refractivity contribution in [3.05, 3.63) is 23.5 Å². The third kappa shape index (κ3) is 2.58. The Kier molecular flexibility index (Phi) is 3.41. The molecule has 8 heteroatoms. The van der Waals surface area contributed by atoms with Gasteiger partial charge in [-0.2, -0.15) is 15.4 Å². The molecule has 0 saturated carbocycles. The number of carbonyl (C=O) groups is 1. The summed E-state index contributed by atoms with van der Waals surface area (Å²) in [6.45, 7) is 3.16. The van der Waals surface area contributed by atoms with Crippen LogP contribution in [0.25, 0.3) is 0 Å². The number of anilines is 1. The van der Waals surface area contributed by atoms with E-state index in [1.165, 1.54) is 6.20 Å². The number of nitrogens with zero attached hydrogens (tertiary/aromatic N) is 5. The van der Waals surface area contributed by atoms with E-state index in [0.29, 0.717) is 12.2 Å². The van der Waals surface area contributed by atoms with E-state index in [1.807, 2.05) is 16.5 Å². The van der Waals surface area contributed by atoms with Crippen LogP contribution in [0.3, 0.4) is 0 Å². The lowest BCUT2D eigenvalue weighted by Crippen LogP contribution is -2.35. The van der Waals surface area contributed by atoms with Gasteiger partial charge in [-0.15, -0.1) is 11.3 Å². The Hall–Kier alpha value is -1.96. The number of aromatic amines is 1. The number of nitrogens with one attached hydrogen (secondary N) is 1. The molecule has 7 nitrogen and oxygen atoms in total. The summed E-state index contributed by atoms with van der Waals surface area (Å²) in [7, 11) is 0. The highest BCUT2D eigenvalue weighted by molar-refractivity contribution is 7.13. The summed E-state index contributed by atoms with van der Waals surface area (Å²) in [5.74, 6) is -0.0604. The summed E-state index contributed by atoms with van der Waals surface area (Å²) >= 11 is 1.63. The molecule has 1 aliphatic heterocycles. The number of rotatable bonds is 2. The predicted octanol–water partition coefficient (Wildman–Crippen LogP) is 0.614. The fourth-order valence-corrected chi connectivity index (χ4v) is 2.85. The molecule has 1 N–H and O–H groups in total. The van der Waals surface area contributed by atoms with Gasteiger partial charge in [0.25, 0.3) is 5.91 Å². The van der Waals surface area contributed by atoms with E-state index in [0.717, 1.165) is 31.2 Å². The molecular weight excluding hydrogens is 264 g/mol. The van der Waals surface area contributed by atoms with Crippen LogP contribution in [-0.4, -0.2) is 57.4 Å². The standard InChI is InChI=1S/C11H14N6OS/c18-10(9-8-13-15-14-9)16-3-1-4-17(6-5-16)11-12-2-7-19-11/h2,7-8H,1,3-6H2,(H,13,14,15). The van der Waals surface area contributed by atoms with Gasteiger partial charge in [0.15, 0.2) is 10.8 Å². The molecule has 2 aromatic heterocycles. The molecule has 1 fully saturated rings. The molecule has 1 amide bonds. The summed E-state index contributed by atoms with van der Waals surface area (Å²) < 4.78 is 0. The number of thiazole rings is 1.